The molecule has 5 N–H and O–H groups in total. The third-order valence-electron chi connectivity index (χ3n) is 1.76. The van der Waals surface area contributed by atoms with E-state index < -0.39 is 31.9 Å². The molecule has 0 aromatic carbocycles. The fourth-order valence-electron chi connectivity index (χ4n) is 0.833. The Bertz CT molecular complexity index is 275. The Morgan fingerprint density at radius 3 is 2.33 bits per heavy atom. The molecule has 1 unspecified atom stereocenters. The molecule has 8 heteroatoms. The van der Waals surface area contributed by atoms with Crippen LogP contribution in [0.3, 0.4) is 0 Å². The third-order valence-corrected chi connectivity index (χ3v) is 3.02. The number of hydrogen-bond acceptors (Lipinski definition) is 4. The van der Waals surface area contributed by atoms with Gasteiger partial charge in [-0.25, -0.2) is 0 Å². The Kier molecular flexibility index (Phi) is 5.71. The second-order valence-corrected chi connectivity index (χ2v) is 4.72. The Labute approximate surface area is 86.6 Å². The van der Waals surface area contributed by atoms with E-state index in [-0.39, 0.29) is 6.54 Å². The van der Waals surface area contributed by atoms with Gasteiger partial charge in [0.25, 0.3) is 0 Å². The van der Waals surface area contributed by atoms with Gasteiger partial charge in [0, 0.05) is 6.54 Å². The maximum absolute atomic E-state index is 10.8. The first-order valence-electron chi connectivity index (χ1n) is 4.07. The zero-order valence-electron chi connectivity index (χ0n) is 7.91. The van der Waals surface area contributed by atoms with E-state index in [4.69, 9.17) is 20.0 Å². The number of carboxylic acid groups (broad SMARTS) is 1. The highest BCUT2D eigenvalue weighted by molar-refractivity contribution is 7.52. The molecule has 0 saturated carbocycles. The first kappa shape index (κ1) is 14.3. The van der Waals surface area contributed by atoms with Crippen molar-refractivity contribution < 1.29 is 29.4 Å². The summed E-state index contributed by atoms with van der Waals surface area (Å²) >= 11 is 0. The van der Waals surface area contributed by atoms with Crippen molar-refractivity contribution in [3.05, 3.63) is 12.7 Å². The van der Waals surface area contributed by atoms with Gasteiger partial charge in [-0.3, -0.25) is 9.36 Å². The van der Waals surface area contributed by atoms with Gasteiger partial charge >= 0.3 is 13.6 Å². The SMILES string of the molecule is C=CC(CN[C@@H](CO)C(=O)O)P(=O)(O)O. The molecule has 88 valence electrons. The maximum atomic E-state index is 10.8. The average molecular weight is 239 g/mol. The molecule has 7 nitrogen and oxygen atoms in total. The molecule has 0 rings (SSSR count). The van der Waals surface area contributed by atoms with E-state index in [9.17, 15) is 9.36 Å². The van der Waals surface area contributed by atoms with E-state index in [2.05, 4.69) is 11.9 Å². The van der Waals surface area contributed by atoms with Gasteiger partial charge in [0.05, 0.1) is 12.3 Å². The number of aliphatic hydroxyl groups excluding tert-OH is 1. The van der Waals surface area contributed by atoms with E-state index in [1.165, 1.54) is 0 Å². The molecule has 15 heavy (non-hydrogen) atoms. The fourth-order valence-corrected chi connectivity index (χ4v) is 1.45. The summed E-state index contributed by atoms with van der Waals surface area (Å²) < 4.78 is 10.8. The molecule has 0 aliphatic heterocycles. The number of aliphatic carboxylic acids is 1. The summed E-state index contributed by atoms with van der Waals surface area (Å²) in [4.78, 5) is 28.0. The minimum atomic E-state index is -4.33. The van der Waals surface area contributed by atoms with Gasteiger partial charge in [-0.05, 0) is 0 Å². The number of rotatable bonds is 7. The molecule has 0 heterocycles. The lowest BCUT2D eigenvalue weighted by Crippen LogP contribution is -2.42. The summed E-state index contributed by atoms with van der Waals surface area (Å²) in [6.45, 7) is 2.32. The molecule has 0 aromatic rings. The monoisotopic (exact) mass is 239 g/mol. The lowest BCUT2D eigenvalue weighted by Gasteiger charge is -2.17. The number of carboxylic acids is 1. The standard InChI is InChI=1S/C7H14NO6P/c1-2-5(15(12,13)14)3-8-6(4-9)7(10)11/h2,5-6,8-9H,1,3-4H2,(H,10,11)(H2,12,13,14)/t5?,6-/m0/s1. The third kappa shape index (κ3) is 5.06. The second-order valence-electron chi connectivity index (χ2n) is 2.87. The molecule has 0 aliphatic rings. The predicted octanol–water partition coefficient (Wildman–Crippen LogP) is -1.25. The van der Waals surface area contributed by atoms with Crippen molar-refractivity contribution in [2.45, 2.75) is 11.7 Å². The van der Waals surface area contributed by atoms with E-state index in [0.29, 0.717) is 0 Å². The smallest absolute Gasteiger partial charge is 0.333 e. The van der Waals surface area contributed by atoms with Crippen LogP contribution in [0, 0.1) is 0 Å². The van der Waals surface area contributed by atoms with Crippen LogP contribution in [0.2, 0.25) is 0 Å². The van der Waals surface area contributed by atoms with E-state index in [1.54, 1.807) is 0 Å². The minimum Gasteiger partial charge on any atom is -0.480 e. The normalized spacial score (nSPS) is 15.7. The van der Waals surface area contributed by atoms with Gasteiger partial charge < -0.3 is 25.3 Å². The number of hydrogen-bond donors (Lipinski definition) is 5. The van der Waals surface area contributed by atoms with Crippen molar-refractivity contribution in [1.82, 2.24) is 5.32 Å². The zero-order chi connectivity index (χ0) is 12.1. The summed E-state index contributed by atoms with van der Waals surface area (Å²) in [6, 6.07) is -1.24. The van der Waals surface area contributed by atoms with Gasteiger partial charge in [-0.2, -0.15) is 0 Å². The van der Waals surface area contributed by atoms with Crippen molar-refractivity contribution in [3.63, 3.8) is 0 Å². The molecule has 0 aromatic heterocycles. The molecular formula is C7H14NO6P. The van der Waals surface area contributed by atoms with Crippen LogP contribution >= 0.6 is 7.60 Å². The first-order chi connectivity index (χ1) is 6.82. The number of carbonyl (C=O) groups is 1. The van der Waals surface area contributed by atoms with Crippen LogP contribution in [0.15, 0.2) is 12.7 Å². The zero-order valence-corrected chi connectivity index (χ0v) is 8.80. The van der Waals surface area contributed by atoms with Crippen molar-refractivity contribution in [1.29, 1.82) is 0 Å². The topological polar surface area (TPSA) is 127 Å². The van der Waals surface area contributed by atoms with Gasteiger partial charge in [-0.15, -0.1) is 6.58 Å². The van der Waals surface area contributed by atoms with Crippen LogP contribution < -0.4 is 5.32 Å². The number of aliphatic hydroxyl groups is 1. The highest BCUT2D eigenvalue weighted by atomic mass is 31.2. The van der Waals surface area contributed by atoms with Crippen LogP contribution in [-0.2, 0) is 9.36 Å². The van der Waals surface area contributed by atoms with E-state index in [1.807, 2.05) is 0 Å². The number of nitrogens with one attached hydrogen (secondary N) is 1. The quantitative estimate of drug-likeness (QED) is 0.277. The molecule has 0 amide bonds. The summed E-state index contributed by atoms with van der Waals surface area (Å²) in [5.41, 5.74) is -1.16. The second kappa shape index (κ2) is 5.99. The molecule has 0 saturated heterocycles. The largest absolute Gasteiger partial charge is 0.480 e. The van der Waals surface area contributed by atoms with Crippen molar-refractivity contribution >= 4 is 13.6 Å². The molecule has 2 atom stereocenters. The van der Waals surface area contributed by atoms with E-state index in [0.717, 1.165) is 6.08 Å². The lowest BCUT2D eigenvalue weighted by atomic mass is 10.3. The van der Waals surface area contributed by atoms with Crippen molar-refractivity contribution in [2.75, 3.05) is 13.2 Å². The van der Waals surface area contributed by atoms with Crippen LogP contribution in [0.25, 0.3) is 0 Å². The van der Waals surface area contributed by atoms with Crippen molar-refractivity contribution in [3.8, 4) is 0 Å². The van der Waals surface area contributed by atoms with Crippen LogP contribution in [0.4, 0.5) is 0 Å². The molecule has 0 aliphatic carbocycles. The Morgan fingerprint density at radius 2 is 2.07 bits per heavy atom. The minimum absolute atomic E-state index is 0.259. The summed E-state index contributed by atoms with van der Waals surface area (Å²) in [7, 11) is -4.33. The highest BCUT2D eigenvalue weighted by Gasteiger charge is 2.27. The lowest BCUT2D eigenvalue weighted by molar-refractivity contribution is -0.140. The molecule has 0 radical (unpaired) electrons. The summed E-state index contributed by atoms with van der Waals surface area (Å²) in [5, 5.41) is 19.5. The van der Waals surface area contributed by atoms with Gasteiger partial charge in [0.1, 0.15) is 6.04 Å². The van der Waals surface area contributed by atoms with Crippen LogP contribution in [-0.4, -0.2) is 50.8 Å². The highest BCUT2D eigenvalue weighted by Crippen LogP contribution is 2.41. The summed E-state index contributed by atoms with van der Waals surface area (Å²) in [5.74, 6) is -1.29. The van der Waals surface area contributed by atoms with Gasteiger partial charge in [0.2, 0.25) is 0 Å². The van der Waals surface area contributed by atoms with Crippen LogP contribution in [0.5, 0.6) is 0 Å². The predicted molar refractivity (Wildman–Crippen MR) is 52.5 cm³/mol. The molecule has 0 fully saturated rings. The van der Waals surface area contributed by atoms with E-state index >= 15 is 0 Å². The Balaban J connectivity index is 4.29. The molecule has 0 spiro atoms. The average Bonchev–Trinajstić information content (AvgIpc) is 2.09. The Hall–Kier alpha value is -0.720. The van der Waals surface area contributed by atoms with Gasteiger partial charge in [-0.1, -0.05) is 6.08 Å². The first-order valence-corrected chi connectivity index (χ1v) is 5.76. The fraction of sp³-hybridized carbons (Fsp3) is 0.571. The summed E-state index contributed by atoms with van der Waals surface area (Å²) in [6.07, 6.45) is 1.05. The van der Waals surface area contributed by atoms with Crippen molar-refractivity contribution in [2.24, 2.45) is 0 Å². The Morgan fingerprint density at radius 1 is 1.53 bits per heavy atom. The maximum Gasteiger partial charge on any atom is 0.333 e. The van der Waals surface area contributed by atoms with Gasteiger partial charge in [0.15, 0.2) is 0 Å². The molecular weight excluding hydrogens is 225 g/mol. The molecule has 0 bridgehead atoms. The van der Waals surface area contributed by atoms with Crippen LogP contribution in [0.1, 0.15) is 0 Å².